The highest BCUT2D eigenvalue weighted by molar-refractivity contribution is 6.00. The van der Waals surface area contributed by atoms with E-state index >= 15 is 0 Å². The maximum Gasteiger partial charge on any atom is 0.140 e. The minimum atomic E-state index is -1.07. The van der Waals surface area contributed by atoms with Crippen molar-refractivity contribution in [3.05, 3.63) is 12.7 Å². The third-order valence-electron chi connectivity index (χ3n) is 2.58. The maximum atomic E-state index is 11.4. The molecule has 0 heterocycles. The summed E-state index contributed by atoms with van der Waals surface area (Å²) in [6.07, 6.45) is 1.74. The number of Topliss-reactive ketones (excluding diaryl/α,β-unsaturated/α-hetero) is 3. The Morgan fingerprint density at radius 3 is 1.56 bits per heavy atom. The first-order chi connectivity index (χ1) is 7.36. The summed E-state index contributed by atoms with van der Waals surface area (Å²) in [5.41, 5.74) is 0. The van der Waals surface area contributed by atoms with Gasteiger partial charge in [0.2, 0.25) is 0 Å². The lowest BCUT2D eigenvalue weighted by Gasteiger charge is -2.23. The average Bonchev–Trinajstić information content (AvgIpc) is 2.16. The van der Waals surface area contributed by atoms with Crippen LogP contribution in [0.25, 0.3) is 0 Å². The van der Waals surface area contributed by atoms with Gasteiger partial charge in [0.05, 0.1) is 5.92 Å². The van der Waals surface area contributed by atoms with E-state index in [9.17, 15) is 19.2 Å². The van der Waals surface area contributed by atoms with Crippen molar-refractivity contribution in [2.45, 2.75) is 20.8 Å². The van der Waals surface area contributed by atoms with Gasteiger partial charge >= 0.3 is 0 Å². The van der Waals surface area contributed by atoms with Gasteiger partial charge in [0.1, 0.15) is 23.6 Å². The molecule has 4 nitrogen and oxygen atoms in total. The number of rotatable bonds is 7. The van der Waals surface area contributed by atoms with Crippen LogP contribution in [0.1, 0.15) is 20.8 Å². The Morgan fingerprint density at radius 2 is 1.38 bits per heavy atom. The van der Waals surface area contributed by atoms with E-state index in [2.05, 4.69) is 6.58 Å². The van der Waals surface area contributed by atoms with Crippen molar-refractivity contribution in [2.75, 3.05) is 0 Å². The SMILES string of the molecule is C=C[C@@H](C(C)=O)[C@H](C(C)=O)[C@H](C=O)C(C)=O. The standard InChI is InChI=1S/C12H16O4/c1-5-10(7(2)14)12(9(4)16)11(6-13)8(3)15/h5-6,10-12H,1H2,2-4H3/t10-,11+,12-/m0/s1. The lowest BCUT2D eigenvalue weighted by Crippen LogP contribution is -2.36. The molecule has 0 amide bonds. The Labute approximate surface area is 94.7 Å². The number of aldehydes is 1. The smallest absolute Gasteiger partial charge is 0.140 e. The summed E-state index contributed by atoms with van der Waals surface area (Å²) in [5, 5.41) is 0. The summed E-state index contributed by atoms with van der Waals surface area (Å²) < 4.78 is 0. The monoisotopic (exact) mass is 224 g/mol. The van der Waals surface area contributed by atoms with Crippen LogP contribution in [0.15, 0.2) is 12.7 Å². The molecule has 0 aromatic rings. The first-order valence-electron chi connectivity index (χ1n) is 4.96. The Kier molecular flexibility index (Phi) is 5.50. The van der Waals surface area contributed by atoms with Crippen molar-refractivity contribution in [3.8, 4) is 0 Å². The number of carbonyl (C=O) groups excluding carboxylic acids is 4. The molecular weight excluding hydrogens is 208 g/mol. The zero-order valence-electron chi connectivity index (χ0n) is 9.73. The number of ketones is 3. The molecule has 0 aromatic carbocycles. The molecule has 0 radical (unpaired) electrons. The van der Waals surface area contributed by atoms with E-state index in [0.717, 1.165) is 0 Å². The third kappa shape index (κ3) is 3.22. The van der Waals surface area contributed by atoms with E-state index < -0.39 is 23.5 Å². The molecule has 0 aliphatic rings. The largest absolute Gasteiger partial charge is 0.303 e. The van der Waals surface area contributed by atoms with E-state index in [1.807, 2.05) is 0 Å². The molecule has 0 unspecified atom stereocenters. The van der Waals surface area contributed by atoms with Gasteiger partial charge in [-0.15, -0.1) is 6.58 Å². The highest BCUT2D eigenvalue weighted by atomic mass is 16.2. The first kappa shape index (κ1) is 14.4. The van der Waals surface area contributed by atoms with Crippen LogP contribution in [-0.4, -0.2) is 23.6 Å². The van der Waals surface area contributed by atoms with Crippen LogP contribution in [0.2, 0.25) is 0 Å². The fraction of sp³-hybridized carbons (Fsp3) is 0.500. The topological polar surface area (TPSA) is 68.3 Å². The summed E-state index contributed by atoms with van der Waals surface area (Å²) in [6.45, 7) is 7.27. The van der Waals surface area contributed by atoms with E-state index in [-0.39, 0.29) is 11.6 Å². The van der Waals surface area contributed by atoms with E-state index in [1.54, 1.807) is 0 Å². The Hall–Kier alpha value is -1.58. The molecule has 0 aliphatic carbocycles. The molecule has 0 aliphatic heterocycles. The molecule has 0 rings (SSSR count). The quantitative estimate of drug-likeness (QED) is 0.367. The zero-order valence-corrected chi connectivity index (χ0v) is 9.73. The summed E-state index contributed by atoms with van der Waals surface area (Å²) in [4.78, 5) is 44.8. The molecule has 0 saturated heterocycles. The molecule has 0 spiro atoms. The third-order valence-corrected chi connectivity index (χ3v) is 2.58. The van der Waals surface area contributed by atoms with Crippen LogP contribution in [-0.2, 0) is 19.2 Å². The Morgan fingerprint density at radius 1 is 0.938 bits per heavy atom. The predicted octanol–water partition coefficient (Wildman–Crippen LogP) is 0.987. The van der Waals surface area contributed by atoms with Crippen LogP contribution in [0.5, 0.6) is 0 Å². The van der Waals surface area contributed by atoms with Crippen LogP contribution in [0.3, 0.4) is 0 Å². The van der Waals surface area contributed by atoms with Gasteiger partial charge in [-0.05, 0) is 20.8 Å². The van der Waals surface area contributed by atoms with Crippen LogP contribution in [0, 0.1) is 17.8 Å². The lowest BCUT2D eigenvalue weighted by molar-refractivity contribution is -0.138. The van der Waals surface area contributed by atoms with E-state index in [0.29, 0.717) is 6.29 Å². The second-order valence-corrected chi connectivity index (χ2v) is 3.78. The van der Waals surface area contributed by atoms with Gasteiger partial charge in [-0.3, -0.25) is 14.4 Å². The summed E-state index contributed by atoms with van der Waals surface area (Å²) in [5.74, 6) is -3.81. The van der Waals surface area contributed by atoms with Crippen molar-refractivity contribution < 1.29 is 19.2 Å². The molecule has 0 fully saturated rings. The highest BCUT2D eigenvalue weighted by Crippen LogP contribution is 2.24. The van der Waals surface area contributed by atoms with Crippen molar-refractivity contribution in [3.63, 3.8) is 0 Å². The Bertz CT molecular complexity index is 304. The summed E-state index contributed by atoms with van der Waals surface area (Å²) in [7, 11) is 0. The van der Waals surface area contributed by atoms with Crippen LogP contribution >= 0.6 is 0 Å². The molecule has 3 atom stereocenters. The van der Waals surface area contributed by atoms with Gasteiger partial charge in [-0.2, -0.15) is 0 Å². The normalized spacial score (nSPS) is 15.7. The minimum absolute atomic E-state index is 0.275. The van der Waals surface area contributed by atoms with Crippen molar-refractivity contribution in [1.82, 2.24) is 0 Å². The molecule has 4 heteroatoms. The fourth-order valence-corrected chi connectivity index (χ4v) is 1.73. The van der Waals surface area contributed by atoms with Crippen molar-refractivity contribution >= 4 is 23.6 Å². The van der Waals surface area contributed by atoms with Gasteiger partial charge in [0.25, 0.3) is 0 Å². The first-order valence-corrected chi connectivity index (χ1v) is 4.96. The summed E-state index contributed by atoms with van der Waals surface area (Å²) >= 11 is 0. The fourth-order valence-electron chi connectivity index (χ4n) is 1.73. The number of carbonyl (C=O) groups is 4. The van der Waals surface area contributed by atoms with E-state index in [4.69, 9.17) is 0 Å². The van der Waals surface area contributed by atoms with Gasteiger partial charge < -0.3 is 4.79 Å². The number of allylic oxidation sites excluding steroid dienone is 1. The zero-order chi connectivity index (χ0) is 12.9. The molecule has 0 N–H and O–H groups in total. The molecule has 0 aromatic heterocycles. The second kappa shape index (κ2) is 6.10. The minimum Gasteiger partial charge on any atom is -0.303 e. The molecular formula is C12H16O4. The molecule has 88 valence electrons. The molecule has 0 saturated carbocycles. The van der Waals surface area contributed by atoms with Crippen LogP contribution < -0.4 is 0 Å². The highest BCUT2D eigenvalue weighted by Gasteiger charge is 2.36. The van der Waals surface area contributed by atoms with Crippen molar-refractivity contribution in [2.24, 2.45) is 17.8 Å². The summed E-state index contributed by atoms with van der Waals surface area (Å²) in [6, 6.07) is 0. The van der Waals surface area contributed by atoms with Crippen LogP contribution in [0.4, 0.5) is 0 Å². The number of hydrogen-bond donors (Lipinski definition) is 0. The van der Waals surface area contributed by atoms with Gasteiger partial charge in [0.15, 0.2) is 0 Å². The van der Waals surface area contributed by atoms with E-state index in [1.165, 1.54) is 26.8 Å². The Balaban J connectivity index is 5.34. The molecule has 0 bridgehead atoms. The lowest BCUT2D eigenvalue weighted by atomic mass is 9.76. The number of hydrogen-bond acceptors (Lipinski definition) is 4. The second-order valence-electron chi connectivity index (χ2n) is 3.78. The predicted molar refractivity (Wildman–Crippen MR) is 58.8 cm³/mol. The average molecular weight is 224 g/mol. The molecule has 16 heavy (non-hydrogen) atoms. The van der Waals surface area contributed by atoms with Gasteiger partial charge in [-0.1, -0.05) is 6.08 Å². The van der Waals surface area contributed by atoms with Gasteiger partial charge in [-0.25, -0.2) is 0 Å². The maximum absolute atomic E-state index is 11.4. The van der Waals surface area contributed by atoms with Gasteiger partial charge in [0, 0.05) is 11.8 Å². The van der Waals surface area contributed by atoms with Crippen molar-refractivity contribution in [1.29, 1.82) is 0 Å².